The number of carbonyl (C=O) groups excluding carboxylic acids is 2. The normalized spacial score (nSPS) is 11.1. The van der Waals surface area contributed by atoms with Gasteiger partial charge in [0, 0.05) is 16.8 Å². The lowest BCUT2D eigenvalue weighted by molar-refractivity contribution is 0.0734. The largest absolute Gasteiger partial charge is 0.423 e. The third-order valence-corrected chi connectivity index (χ3v) is 5.16. The highest BCUT2D eigenvalue weighted by Gasteiger charge is 2.08. The second-order valence-corrected chi connectivity index (χ2v) is 7.82. The molecule has 0 unspecified atom stereocenters. The summed E-state index contributed by atoms with van der Waals surface area (Å²) in [7, 11) is 0. The number of aliphatic imine (C=N–C) groups is 1. The monoisotopic (exact) mass is 465 g/mol. The van der Waals surface area contributed by atoms with E-state index < -0.39 is 5.97 Å². The fourth-order valence-corrected chi connectivity index (χ4v) is 3.19. The molecular formula is C29H20ClNO3. The van der Waals surface area contributed by atoms with Crippen LogP contribution >= 0.6 is 11.6 Å². The molecule has 0 fully saturated rings. The van der Waals surface area contributed by atoms with Gasteiger partial charge in [-0.05, 0) is 90.0 Å². The summed E-state index contributed by atoms with van der Waals surface area (Å²) in [6.45, 7) is 0. The zero-order valence-electron chi connectivity index (χ0n) is 18.1. The van der Waals surface area contributed by atoms with Gasteiger partial charge in [0.25, 0.3) is 0 Å². The Morgan fingerprint density at radius 1 is 0.706 bits per heavy atom. The Balaban J connectivity index is 1.34. The second kappa shape index (κ2) is 11.0. The van der Waals surface area contributed by atoms with Crippen molar-refractivity contribution in [2.75, 3.05) is 0 Å². The number of hydrogen-bond donors (Lipinski definition) is 0. The van der Waals surface area contributed by atoms with Crippen LogP contribution in [0, 0.1) is 0 Å². The number of esters is 1. The molecule has 0 atom stereocenters. The Labute approximate surface area is 202 Å². The lowest BCUT2D eigenvalue weighted by Crippen LogP contribution is -2.08. The van der Waals surface area contributed by atoms with Gasteiger partial charge in [-0.3, -0.25) is 9.79 Å². The summed E-state index contributed by atoms with van der Waals surface area (Å²) >= 11 is 5.84. The van der Waals surface area contributed by atoms with Crippen LogP contribution in [-0.4, -0.2) is 18.0 Å². The maximum Gasteiger partial charge on any atom is 0.343 e. The second-order valence-electron chi connectivity index (χ2n) is 7.38. The van der Waals surface area contributed by atoms with Crippen molar-refractivity contribution in [2.24, 2.45) is 4.99 Å². The minimum atomic E-state index is -0.452. The molecule has 0 spiro atoms. The van der Waals surface area contributed by atoms with Gasteiger partial charge >= 0.3 is 5.97 Å². The number of hydrogen-bond acceptors (Lipinski definition) is 4. The zero-order valence-corrected chi connectivity index (χ0v) is 18.9. The first-order valence-corrected chi connectivity index (χ1v) is 10.9. The Morgan fingerprint density at radius 2 is 1.35 bits per heavy atom. The van der Waals surface area contributed by atoms with Crippen LogP contribution in [0.15, 0.2) is 114 Å². The Morgan fingerprint density at radius 3 is 2.03 bits per heavy atom. The van der Waals surface area contributed by atoms with Gasteiger partial charge in [-0.1, -0.05) is 48.0 Å². The molecule has 0 saturated heterocycles. The Bertz CT molecular complexity index is 1330. The minimum Gasteiger partial charge on any atom is -0.423 e. The van der Waals surface area contributed by atoms with E-state index in [2.05, 4.69) is 4.99 Å². The van der Waals surface area contributed by atoms with Gasteiger partial charge in [0.15, 0.2) is 5.78 Å². The molecule has 0 heterocycles. The molecule has 0 aromatic heterocycles. The lowest BCUT2D eigenvalue weighted by Gasteiger charge is -2.04. The first-order valence-electron chi connectivity index (χ1n) is 10.6. The standard InChI is InChI=1S/C29H20ClNO3/c30-25-13-9-24(10-14-25)29(33)34-27-17-6-22(7-18-27)20-31-26-15-11-23(12-16-26)28(32)19-8-21-4-2-1-3-5-21/h1-20H/b19-8+,31-20?. The Kier molecular flexibility index (Phi) is 7.43. The summed E-state index contributed by atoms with van der Waals surface area (Å²) in [6, 6.07) is 30.3. The molecule has 0 bridgehead atoms. The summed E-state index contributed by atoms with van der Waals surface area (Å²) in [5.41, 5.74) is 3.56. The van der Waals surface area contributed by atoms with Crippen LogP contribution in [0.1, 0.15) is 31.8 Å². The van der Waals surface area contributed by atoms with Gasteiger partial charge in [0.2, 0.25) is 0 Å². The van der Waals surface area contributed by atoms with Crippen molar-refractivity contribution < 1.29 is 14.3 Å². The van der Waals surface area contributed by atoms with Crippen LogP contribution in [0.3, 0.4) is 0 Å². The van der Waals surface area contributed by atoms with Gasteiger partial charge in [-0.15, -0.1) is 0 Å². The molecule has 4 aromatic carbocycles. The first kappa shape index (κ1) is 22.9. The summed E-state index contributed by atoms with van der Waals surface area (Å²) in [6.07, 6.45) is 5.07. The molecule has 0 aliphatic carbocycles. The molecule has 0 saturated carbocycles. The highest BCUT2D eigenvalue weighted by atomic mass is 35.5. The molecule has 4 rings (SSSR count). The number of halogens is 1. The van der Waals surface area contributed by atoms with Crippen LogP contribution in [0.2, 0.25) is 5.02 Å². The van der Waals surface area contributed by atoms with Gasteiger partial charge in [0.05, 0.1) is 11.3 Å². The van der Waals surface area contributed by atoms with Crippen LogP contribution in [0.4, 0.5) is 5.69 Å². The number of ketones is 1. The molecule has 0 radical (unpaired) electrons. The summed E-state index contributed by atoms with van der Waals surface area (Å²) in [5, 5.41) is 0.557. The van der Waals surface area contributed by atoms with Crippen molar-refractivity contribution in [1.29, 1.82) is 0 Å². The predicted molar refractivity (Wildman–Crippen MR) is 136 cm³/mol. The molecule has 4 nitrogen and oxygen atoms in total. The third kappa shape index (κ3) is 6.37. The van der Waals surface area contributed by atoms with E-state index in [0.29, 0.717) is 21.9 Å². The van der Waals surface area contributed by atoms with Gasteiger partial charge < -0.3 is 4.74 Å². The van der Waals surface area contributed by atoms with E-state index in [1.165, 1.54) is 0 Å². The van der Waals surface area contributed by atoms with E-state index in [-0.39, 0.29) is 5.78 Å². The number of ether oxygens (including phenoxy) is 1. The van der Waals surface area contributed by atoms with E-state index in [1.54, 1.807) is 91.2 Å². The molecule has 166 valence electrons. The number of benzene rings is 4. The SMILES string of the molecule is O=C(/C=C/c1ccccc1)c1ccc(N=Cc2ccc(OC(=O)c3ccc(Cl)cc3)cc2)cc1. The van der Waals surface area contributed by atoms with Crippen molar-refractivity contribution >= 4 is 41.3 Å². The highest BCUT2D eigenvalue weighted by molar-refractivity contribution is 6.30. The average molecular weight is 466 g/mol. The Hall–Kier alpha value is -4.28. The zero-order chi connectivity index (χ0) is 23.8. The van der Waals surface area contributed by atoms with Gasteiger partial charge in [-0.25, -0.2) is 4.79 Å². The summed E-state index contributed by atoms with van der Waals surface area (Å²) in [5.74, 6) is -0.0852. The molecule has 0 aliphatic heterocycles. The topological polar surface area (TPSA) is 55.7 Å². The van der Waals surface area contributed by atoms with E-state index in [1.807, 2.05) is 30.3 Å². The van der Waals surface area contributed by atoms with Crippen molar-refractivity contribution in [3.8, 4) is 5.75 Å². The van der Waals surface area contributed by atoms with E-state index in [4.69, 9.17) is 16.3 Å². The number of rotatable bonds is 7. The fraction of sp³-hybridized carbons (Fsp3) is 0. The van der Waals surface area contributed by atoms with Crippen molar-refractivity contribution in [1.82, 2.24) is 0 Å². The van der Waals surface area contributed by atoms with Crippen molar-refractivity contribution in [2.45, 2.75) is 0 Å². The molecule has 5 heteroatoms. The molecule has 0 amide bonds. The van der Waals surface area contributed by atoms with Crippen LogP contribution in [0.5, 0.6) is 5.75 Å². The maximum absolute atomic E-state index is 12.4. The smallest absolute Gasteiger partial charge is 0.343 e. The van der Waals surface area contributed by atoms with E-state index >= 15 is 0 Å². The van der Waals surface area contributed by atoms with Crippen molar-refractivity contribution in [3.05, 3.63) is 136 Å². The van der Waals surface area contributed by atoms with Crippen molar-refractivity contribution in [3.63, 3.8) is 0 Å². The minimum absolute atomic E-state index is 0.0666. The number of nitrogens with zero attached hydrogens (tertiary/aromatic N) is 1. The van der Waals surface area contributed by atoms with Crippen LogP contribution in [-0.2, 0) is 0 Å². The van der Waals surface area contributed by atoms with Gasteiger partial charge in [0.1, 0.15) is 5.75 Å². The average Bonchev–Trinajstić information content (AvgIpc) is 2.88. The lowest BCUT2D eigenvalue weighted by atomic mass is 10.1. The summed E-state index contributed by atoms with van der Waals surface area (Å²) < 4.78 is 5.38. The predicted octanol–water partition coefficient (Wildman–Crippen LogP) is 7.21. The molecule has 0 N–H and O–H groups in total. The van der Waals surface area contributed by atoms with Crippen LogP contribution < -0.4 is 4.74 Å². The maximum atomic E-state index is 12.4. The van der Waals surface area contributed by atoms with Gasteiger partial charge in [-0.2, -0.15) is 0 Å². The number of allylic oxidation sites excluding steroid dienone is 1. The highest BCUT2D eigenvalue weighted by Crippen LogP contribution is 2.17. The summed E-state index contributed by atoms with van der Waals surface area (Å²) in [4.78, 5) is 29.0. The number of carbonyl (C=O) groups is 2. The van der Waals surface area contributed by atoms with E-state index in [0.717, 1.165) is 16.8 Å². The fourth-order valence-electron chi connectivity index (χ4n) is 3.07. The van der Waals surface area contributed by atoms with Crippen LogP contribution in [0.25, 0.3) is 6.08 Å². The first-order chi connectivity index (χ1) is 16.6. The molecule has 34 heavy (non-hydrogen) atoms. The third-order valence-electron chi connectivity index (χ3n) is 4.91. The molecule has 4 aromatic rings. The molecule has 0 aliphatic rings. The quantitative estimate of drug-likeness (QED) is 0.0952. The van der Waals surface area contributed by atoms with E-state index in [9.17, 15) is 9.59 Å². The molecular weight excluding hydrogens is 446 g/mol.